The van der Waals surface area contributed by atoms with Gasteiger partial charge in [-0.05, 0) is 12.8 Å². The topological polar surface area (TPSA) is 63.6 Å². The number of aliphatic hydroxyl groups excluding tert-OH is 1. The number of rotatable bonds is 8. The fraction of sp³-hybridized carbons (Fsp3) is 0.818. The van der Waals surface area contributed by atoms with Gasteiger partial charge in [-0.15, -0.1) is 0 Å². The molecule has 15 heavy (non-hydrogen) atoms. The molecule has 0 bridgehead atoms. The third kappa shape index (κ3) is 8.12. The van der Waals surface area contributed by atoms with Crippen molar-refractivity contribution in [3.05, 3.63) is 0 Å². The Morgan fingerprint density at radius 2 is 1.87 bits per heavy atom. The zero-order chi connectivity index (χ0) is 11.7. The van der Waals surface area contributed by atoms with Crippen LogP contribution in [0.25, 0.3) is 0 Å². The highest BCUT2D eigenvalue weighted by Gasteiger charge is 2.10. The van der Waals surface area contributed by atoms with Gasteiger partial charge in [0.2, 0.25) is 0 Å². The van der Waals surface area contributed by atoms with Crippen LogP contribution in [0.4, 0.5) is 0 Å². The van der Waals surface area contributed by atoms with Crippen LogP contribution in [0.5, 0.6) is 0 Å². The maximum absolute atomic E-state index is 11.2. The summed E-state index contributed by atoms with van der Waals surface area (Å²) in [4.78, 5) is 22.3. The molecule has 0 atom stereocenters. The number of Topliss-reactive ketones (excluding diaryl/α,β-unsaturated/α-hetero) is 1. The average Bonchev–Trinajstić information content (AvgIpc) is 2.20. The zero-order valence-electron chi connectivity index (χ0n) is 9.49. The lowest BCUT2D eigenvalue weighted by atomic mass is 10.1. The highest BCUT2D eigenvalue weighted by molar-refractivity contribution is 5.84. The van der Waals surface area contributed by atoms with Gasteiger partial charge >= 0.3 is 5.97 Å². The smallest absolute Gasteiger partial charge is 0.306 e. The monoisotopic (exact) mass is 216 g/mol. The summed E-state index contributed by atoms with van der Waals surface area (Å²) in [7, 11) is 0. The Labute approximate surface area is 90.6 Å². The summed E-state index contributed by atoms with van der Waals surface area (Å²) >= 11 is 0. The second kappa shape index (κ2) is 8.41. The van der Waals surface area contributed by atoms with Gasteiger partial charge in [-0.3, -0.25) is 9.59 Å². The number of esters is 1. The SMILES string of the molecule is CC(C)C(=O)CCC(=O)OCCCCO. The van der Waals surface area contributed by atoms with E-state index in [1.54, 1.807) is 0 Å². The molecule has 0 aliphatic rings. The predicted molar refractivity (Wildman–Crippen MR) is 56.4 cm³/mol. The first-order valence-electron chi connectivity index (χ1n) is 5.37. The highest BCUT2D eigenvalue weighted by atomic mass is 16.5. The van der Waals surface area contributed by atoms with Crippen molar-refractivity contribution in [2.75, 3.05) is 13.2 Å². The molecule has 0 saturated heterocycles. The Bertz CT molecular complexity index is 199. The molecule has 0 saturated carbocycles. The van der Waals surface area contributed by atoms with Gasteiger partial charge in [0, 0.05) is 18.9 Å². The van der Waals surface area contributed by atoms with Crippen molar-refractivity contribution in [1.29, 1.82) is 0 Å². The lowest BCUT2D eigenvalue weighted by Gasteiger charge is -2.05. The standard InChI is InChI=1S/C11H20O4/c1-9(2)10(13)5-6-11(14)15-8-4-3-7-12/h9,12H,3-8H2,1-2H3. The molecule has 0 amide bonds. The molecule has 88 valence electrons. The van der Waals surface area contributed by atoms with Gasteiger partial charge in [-0.25, -0.2) is 0 Å². The van der Waals surface area contributed by atoms with Crippen molar-refractivity contribution in [2.24, 2.45) is 5.92 Å². The van der Waals surface area contributed by atoms with E-state index in [-0.39, 0.29) is 37.1 Å². The van der Waals surface area contributed by atoms with Gasteiger partial charge in [-0.1, -0.05) is 13.8 Å². The molecule has 0 aromatic rings. The molecule has 0 aliphatic heterocycles. The van der Waals surface area contributed by atoms with Crippen molar-refractivity contribution in [1.82, 2.24) is 0 Å². The van der Waals surface area contributed by atoms with Crippen molar-refractivity contribution in [2.45, 2.75) is 39.5 Å². The van der Waals surface area contributed by atoms with Crippen LogP contribution in [0, 0.1) is 5.92 Å². The van der Waals surface area contributed by atoms with Crippen LogP contribution >= 0.6 is 0 Å². The molecule has 0 heterocycles. The van der Waals surface area contributed by atoms with Crippen molar-refractivity contribution in [3.8, 4) is 0 Å². The molecule has 0 fully saturated rings. The van der Waals surface area contributed by atoms with Crippen LogP contribution < -0.4 is 0 Å². The minimum atomic E-state index is -0.332. The van der Waals surface area contributed by atoms with Crippen molar-refractivity contribution in [3.63, 3.8) is 0 Å². The fourth-order valence-electron chi connectivity index (χ4n) is 0.986. The third-order valence-electron chi connectivity index (χ3n) is 2.03. The number of aliphatic hydroxyl groups is 1. The van der Waals surface area contributed by atoms with Gasteiger partial charge in [0.15, 0.2) is 0 Å². The average molecular weight is 216 g/mol. The van der Waals surface area contributed by atoms with E-state index in [1.807, 2.05) is 13.8 Å². The van der Waals surface area contributed by atoms with Gasteiger partial charge in [0.1, 0.15) is 5.78 Å². The Hall–Kier alpha value is -0.900. The summed E-state index contributed by atoms with van der Waals surface area (Å²) in [5.41, 5.74) is 0. The predicted octanol–water partition coefficient (Wildman–Crippen LogP) is 1.31. The Morgan fingerprint density at radius 1 is 1.20 bits per heavy atom. The van der Waals surface area contributed by atoms with E-state index < -0.39 is 0 Å². The fourth-order valence-corrected chi connectivity index (χ4v) is 0.986. The highest BCUT2D eigenvalue weighted by Crippen LogP contribution is 2.03. The Kier molecular flexibility index (Phi) is 7.91. The van der Waals surface area contributed by atoms with E-state index in [9.17, 15) is 9.59 Å². The van der Waals surface area contributed by atoms with Crippen molar-refractivity contribution >= 4 is 11.8 Å². The first kappa shape index (κ1) is 14.1. The van der Waals surface area contributed by atoms with Gasteiger partial charge in [0.25, 0.3) is 0 Å². The number of hydrogen-bond donors (Lipinski definition) is 1. The van der Waals surface area contributed by atoms with Crippen molar-refractivity contribution < 1.29 is 19.4 Å². The zero-order valence-corrected chi connectivity index (χ0v) is 9.49. The summed E-state index contributed by atoms with van der Waals surface area (Å²) in [6, 6.07) is 0. The molecule has 4 nitrogen and oxygen atoms in total. The summed E-state index contributed by atoms with van der Waals surface area (Å²) in [5, 5.41) is 8.48. The van der Waals surface area contributed by atoms with Gasteiger partial charge < -0.3 is 9.84 Å². The molecular formula is C11H20O4. The normalized spacial score (nSPS) is 10.4. The number of hydrogen-bond acceptors (Lipinski definition) is 4. The summed E-state index contributed by atoms with van der Waals surface area (Å²) in [6.07, 6.45) is 1.73. The summed E-state index contributed by atoms with van der Waals surface area (Å²) in [5.74, 6) is -0.267. The number of carbonyl (C=O) groups excluding carboxylic acids is 2. The van der Waals surface area contributed by atoms with Crippen LogP contribution in [0.3, 0.4) is 0 Å². The minimum Gasteiger partial charge on any atom is -0.466 e. The molecule has 4 heteroatoms. The maximum Gasteiger partial charge on any atom is 0.306 e. The first-order chi connectivity index (χ1) is 7.07. The third-order valence-corrected chi connectivity index (χ3v) is 2.03. The maximum atomic E-state index is 11.2. The van der Waals surface area contributed by atoms with Crippen LogP contribution in [0.2, 0.25) is 0 Å². The van der Waals surface area contributed by atoms with Crippen LogP contribution in [-0.4, -0.2) is 30.1 Å². The van der Waals surface area contributed by atoms with Crippen LogP contribution in [0.1, 0.15) is 39.5 Å². The Balaban J connectivity index is 3.45. The van der Waals surface area contributed by atoms with E-state index in [0.29, 0.717) is 19.4 Å². The molecule has 0 spiro atoms. The lowest BCUT2D eigenvalue weighted by Crippen LogP contribution is -2.12. The number of ether oxygens (including phenoxy) is 1. The van der Waals surface area contributed by atoms with E-state index in [1.165, 1.54) is 0 Å². The summed E-state index contributed by atoms with van der Waals surface area (Å²) < 4.78 is 4.87. The lowest BCUT2D eigenvalue weighted by molar-refractivity contribution is -0.145. The molecule has 0 aliphatic carbocycles. The molecule has 0 aromatic heterocycles. The second-order valence-electron chi connectivity index (χ2n) is 3.77. The molecular weight excluding hydrogens is 196 g/mol. The molecule has 0 aromatic carbocycles. The van der Waals surface area contributed by atoms with E-state index >= 15 is 0 Å². The quantitative estimate of drug-likeness (QED) is 0.491. The molecule has 1 N–H and O–H groups in total. The molecule has 0 unspecified atom stereocenters. The number of ketones is 1. The first-order valence-corrected chi connectivity index (χ1v) is 5.37. The van der Waals surface area contributed by atoms with Gasteiger partial charge in [-0.2, -0.15) is 0 Å². The van der Waals surface area contributed by atoms with Crippen LogP contribution in [0.15, 0.2) is 0 Å². The summed E-state index contributed by atoms with van der Waals surface area (Å²) in [6.45, 7) is 4.07. The molecule has 0 radical (unpaired) electrons. The molecule has 0 rings (SSSR count). The second-order valence-corrected chi connectivity index (χ2v) is 3.77. The van der Waals surface area contributed by atoms with Crippen LogP contribution in [-0.2, 0) is 14.3 Å². The van der Waals surface area contributed by atoms with E-state index in [2.05, 4.69) is 0 Å². The van der Waals surface area contributed by atoms with E-state index in [0.717, 1.165) is 0 Å². The largest absolute Gasteiger partial charge is 0.466 e. The Morgan fingerprint density at radius 3 is 2.40 bits per heavy atom. The minimum absolute atomic E-state index is 0.0211. The van der Waals surface area contributed by atoms with E-state index in [4.69, 9.17) is 9.84 Å². The number of carbonyl (C=O) groups is 2. The number of unbranched alkanes of at least 4 members (excludes halogenated alkanes) is 1. The van der Waals surface area contributed by atoms with Gasteiger partial charge in [0.05, 0.1) is 13.0 Å².